The summed E-state index contributed by atoms with van der Waals surface area (Å²) in [5.41, 5.74) is 0. The molecule has 104 valence electrons. The van der Waals surface area contributed by atoms with Gasteiger partial charge in [0.05, 0.1) is 6.61 Å². The molecule has 3 nitrogen and oxygen atoms in total. The van der Waals surface area contributed by atoms with Gasteiger partial charge in [0.1, 0.15) is 0 Å². The van der Waals surface area contributed by atoms with E-state index in [1.165, 1.54) is 0 Å². The number of halogens is 2. The molecule has 0 aliphatic heterocycles. The Morgan fingerprint density at radius 2 is 1.72 bits per heavy atom. The molecule has 5 heteroatoms. The van der Waals surface area contributed by atoms with Crippen molar-refractivity contribution in [3.8, 4) is 0 Å². The van der Waals surface area contributed by atoms with E-state index in [-0.39, 0.29) is 25.0 Å². The van der Waals surface area contributed by atoms with Gasteiger partial charge in [-0.15, -0.1) is 0 Å². The number of carbonyl (C=O) groups excluding carboxylic acids is 1. The third-order valence-electron chi connectivity index (χ3n) is 4.55. The first kappa shape index (κ1) is 13.7. The highest BCUT2D eigenvalue weighted by molar-refractivity contribution is 5.76. The highest BCUT2D eigenvalue weighted by atomic mass is 19.3. The van der Waals surface area contributed by atoms with Gasteiger partial charge in [-0.2, -0.15) is 8.78 Å². The third kappa shape index (κ3) is 2.66. The average molecular weight is 262 g/mol. The zero-order chi connectivity index (χ0) is 13.3. The van der Waals surface area contributed by atoms with Gasteiger partial charge in [0.15, 0.2) is 0 Å². The van der Waals surface area contributed by atoms with Crippen molar-refractivity contribution in [3.63, 3.8) is 0 Å². The minimum Gasteiger partial charge on any atom is -0.461 e. The van der Waals surface area contributed by atoms with Crippen molar-refractivity contribution in [1.82, 2.24) is 0 Å². The van der Waals surface area contributed by atoms with Gasteiger partial charge < -0.3 is 9.84 Å². The van der Waals surface area contributed by atoms with Gasteiger partial charge in [0, 0.05) is 19.4 Å². The fraction of sp³-hybridized carbons (Fsp3) is 0.923. The van der Waals surface area contributed by atoms with E-state index in [2.05, 4.69) is 0 Å². The van der Waals surface area contributed by atoms with Crippen LogP contribution in [0.4, 0.5) is 8.78 Å². The van der Waals surface area contributed by atoms with Gasteiger partial charge in [0.2, 0.25) is 0 Å². The largest absolute Gasteiger partial charge is 0.461 e. The van der Waals surface area contributed by atoms with Crippen LogP contribution in [0.2, 0.25) is 0 Å². The maximum Gasteiger partial charge on any atom is 0.376 e. The molecule has 3 fully saturated rings. The summed E-state index contributed by atoms with van der Waals surface area (Å²) >= 11 is 0. The number of alkyl halides is 2. The maximum absolute atomic E-state index is 12.7. The molecule has 3 aliphatic carbocycles. The summed E-state index contributed by atoms with van der Waals surface area (Å²) in [6.45, 7) is 0.631. The summed E-state index contributed by atoms with van der Waals surface area (Å²) in [5.74, 6) is -3.86. The highest BCUT2D eigenvalue weighted by Gasteiger charge is 2.44. The van der Waals surface area contributed by atoms with E-state index in [1.54, 1.807) is 0 Å². The lowest BCUT2D eigenvalue weighted by molar-refractivity contribution is -0.174. The second-order valence-electron chi connectivity index (χ2n) is 5.67. The number of fused-ring (bicyclic) bond motifs is 3. The Hall–Kier alpha value is -0.710. The molecule has 3 aliphatic rings. The molecule has 18 heavy (non-hydrogen) atoms. The molecule has 0 radical (unpaired) electrons. The number of ether oxygens (including phenoxy) is 1. The molecule has 0 aromatic heterocycles. The Balaban J connectivity index is 1.94. The molecule has 0 aromatic rings. The lowest BCUT2D eigenvalue weighted by Crippen LogP contribution is -2.44. The second-order valence-corrected chi connectivity index (χ2v) is 5.67. The number of hydrogen-bond donors (Lipinski definition) is 1. The second kappa shape index (κ2) is 5.11. The number of aliphatic hydroxyl groups is 1. The Bertz CT molecular complexity index is 306. The molecule has 2 atom stereocenters. The van der Waals surface area contributed by atoms with Crippen LogP contribution in [0, 0.1) is 23.7 Å². The summed E-state index contributed by atoms with van der Waals surface area (Å²) < 4.78 is 30.2. The van der Waals surface area contributed by atoms with E-state index in [4.69, 9.17) is 4.74 Å². The fourth-order valence-corrected chi connectivity index (χ4v) is 3.54. The van der Waals surface area contributed by atoms with Crippen molar-refractivity contribution >= 4 is 5.97 Å². The molecule has 3 saturated carbocycles. The van der Waals surface area contributed by atoms with Crippen LogP contribution >= 0.6 is 0 Å². The monoisotopic (exact) mass is 262 g/mol. The van der Waals surface area contributed by atoms with Crippen molar-refractivity contribution < 1.29 is 23.4 Å². The summed E-state index contributed by atoms with van der Waals surface area (Å²) in [6, 6.07) is 0. The van der Waals surface area contributed by atoms with Gasteiger partial charge in [-0.1, -0.05) is 0 Å². The van der Waals surface area contributed by atoms with E-state index in [1.807, 2.05) is 0 Å². The van der Waals surface area contributed by atoms with Crippen molar-refractivity contribution in [1.29, 1.82) is 0 Å². The molecule has 0 saturated heterocycles. The Labute approximate surface area is 106 Å². The first-order valence-corrected chi connectivity index (χ1v) is 6.59. The van der Waals surface area contributed by atoms with Gasteiger partial charge in [-0.3, -0.25) is 0 Å². The lowest BCUT2D eigenvalue weighted by Gasteiger charge is -2.47. The van der Waals surface area contributed by atoms with E-state index < -0.39 is 11.9 Å². The number of aliphatic hydroxyl groups excluding tert-OH is 1. The Kier molecular flexibility index (Phi) is 3.90. The SMILES string of the molecule is CC(F)(F)C(=O)OCC1C2CCC(CC2)C1CO. The van der Waals surface area contributed by atoms with Gasteiger partial charge in [-0.25, -0.2) is 4.79 Å². The first-order chi connectivity index (χ1) is 8.43. The zero-order valence-corrected chi connectivity index (χ0v) is 10.6. The van der Waals surface area contributed by atoms with Crippen LogP contribution in [0.5, 0.6) is 0 Å². The summed E-state index contributed by atoms with van der Waals surface area (Å²) in [6.07, 6.45) is 4.33. The maximum atomic E-state index is 12.7. The number of rotatable bonds is 4. The molecule has 1 N–H and O–H groups in total. The first-order valence-electron chi connectivity index (χ1n) is 6.59. The number of carbonyl (C=O) groups is 1. The van der Waals surface area contributed by atoms with Crippen LogP contribution in [0.15, 0.2) is 0 Å². The van der Waals surface area contributed by atoms with Crippen LogP contribution < -0.4 is 0 Å². The summed E-state index contributed by atoms with van der Waals surface area (Å²) in [4.78, 5) is 11.1. The van der Waals surface area contributed by atoms with Gasteiger partial charge >= 0.3 is 11.9 Å². The van der Waals surface area contributed by atoms with Crippen molar-refractivity contribution in [2.75, 3.05) is 13.2 Å². The predicted molar refractivity (Wildman–Crippen MR) is 61.1 cm³/mol. The average Bonchev–Trinajstić information content (AvgIpc) is 2.35. The lowest BCUT2D eigenvalue weighted by atomic mass is 9.59. The van der Waals surface area contributed by atoms with Gasteiger partial charge in [-0.05, 0) is 43.4 Å². The normalized spacial score (nSPS) is 35.6. The molecule has 2 bridgehead atoms. The topological polar surface area (TPSA) is 46.5 Å². The van der Waals surface area contributed by atoms with Gasteiger partial charge in [0.25, 0.3) is 0 Å². The minimum atomic E-state index is -3.43. The van der Waals surface area contributed by atoms with E-state index in [9.17, 15) is 18.7 Å². The predicted octanol–water partition coefficient (Wildman–Crippen LogP) is 2.23. The van der Waals surface area contributed by atoms with Crippen LogP contribution in [-0.4, -0.2) is 30.2 Å². The third-order valence-corrected chi connectivity index (χ3v) is 4.55. The Morgan fingerprint density at radius 3 is 2.17 bits per heavy atom. The molecule has 0 amide bonds. The molecule has 0 heterocycles. The van der Waals surface area contributed by atoms with Crippen LogP contribution in [0.25, 0.3) is 0 Å². The van der Waals surface area contributed by atoms with Crippen molar-refractivity contribution in [3.05, 3.63) is 0 Å². The van der Waals surface area contributed by atoms with Crippen LogP contribution in [0.1, 0.15) is 32.6 Å². The summed E-state index contributed by atoms with van der Waals surface area (Å²) in [7, 11) is 0. The molecule has 3 rings (SSSR count). The smallest absolute Gasteiger partial charge is 0.376 e. The molecule has 0 spiro atoms. The molecule has 0 aromatic carbocycles. The molecule has 2 unspecified atom stereocenters. The summed E-state index contributed by atoms with van der Waals surface area (Å²) in [5, 5.41) is 9.42. The van der Waals surface area contributed by atoms with Crippen molar-refractivity contribution in [2.45, 2.75) is 38.5 Å². The van der Waals surface area contributed by atoms with E-state index in [0.717, 1.165) is 25.7 Å². The zero-order valence-electron chi connectivity index (χ0n) is 10.6. The van der Waals surface area contributed by atoms with Crippen LogP contribution in [0.3, 0.4) is 0 Å². The van der Waals surface area contributed by atoms with Crippen LogP contribution in [-0.2, 0) is 9.53 Å². The fourth-order valence-electron chi connectivity index (χ4n) is 3.54. The minimum absolute atomic E-state index is 0.0225. The Morgan fingerprint density at radius 1 is 1.22 bits per heavy atom. The number of esters is 1. The van der Waals surface area contributed by atoms with Crippen molar-refractivity contribution in [2.24, 2.45) is 23.7 Å². The quantitative estimate of drug-likeness (QED) is 0.790. The molecular weight excluding hydrogens is 242 g/mol. The van der Waals surface area contributed by atoms with E-state index >= 15 is 0 Å². The molecular formula is C13H20F2O3. The van der Waals surface area contributed by atoms with E-state index in [0.29, 0.717) is 18.8 Å². The highest BCUT2D eigenvalue weighted by Crippen LogP contribution is 2.48. The number of hydrogen-bond acceptors (Lipinski definition) is 3. The standard InChI is InChI=1S/C13H20F2O3/c1-13(14,15)12(17)18-7-11-9-4-2-8(3-5-9)10(11)6-16/h8-11,16H,2-7H2,1H3.